The molecule has 0 unspecified atom stereocenters. The van der Waals surface area contributed by atoms with Gasteiger partial charge in [-0.3, -0.25) is 14.9 Å². The highest BCUT2D eigenvalue weighted by atomic mass is 16.6. The molecule has 130 valence electrons. The van der Waals surface area contributed by atoms with Gasteiger partial charge in [-0.05, 0) is 36.3 Å². The molecule has 0 fully saturated rings. The van der Waals surface area contributed by atoms with Crippen molar-refractivity contribution < 1.29 is 23.7 Å². The zero-order valence-corrected chi connectivity index (χ0v) is 13.4. The molecule has 0 radical (unpaired) electrons. The van der Waals surface area contributed by atoms with E-state index in [0.717, 1.165) is 18.1 Å². The molecule has 1 aromatic carbocycles. The average Bonchev–Trinajstić information content (AvgIpc) is 3.07. The fourth-order valence-electron chi connectivity index (χ4n) is 1.93. The maximum atomic E-state index is 11.8. The van der Waals surface area contributed by atoms with Gasteiger partial charge in [0.2, 0.25) is 0 Å². The number of aryl methyl sites for hydroxylation is 1. The fourth-order valence-corrected chi connectivity index (χ4v) is 1.93. The Morgan fingerprint density at radius 1 is 1.32 bits per heavy atom. The second kappa shape index (κ2) is 8.44. The third-order valence-electron chi connectivity index (χ3n) is 3.14. The lowest BCUT2D eigenvalue weighted by molar-refractivity contribution is -0.402. The lowest BCUT2D eigenvalue weighted by Crippen LogP contribution is -2.20. The number of nitro groups is 1. The van der Waals surface area contributed by atoms with Crippen LogP contribution in [-0.4, -0.2) is 23.4 Å². The molecule has 0 spiro atoms. The van der Waals surface area contributed by atoms with Crippen LogP contribution < -0.4 is 5.32 Å². The molecule has 2 aromatic rings. The van der Waals surface area contributed by atoms with Crippen molar-refractivity contribution in [1.82, 2.24) is 0 Å². The molecule has 1 N–H and O–H groups in total. The van der Waals surface area contributed by atoms with E-state index in [1.54, 1.807) is 6.07 Å². The number of ether oxygens (including phenoxy) is 1. The van der Waals surface area contributed by atoms with Crippen LogP contribution in [0.25, 0.3) is 6.08 Å². The number of rotatable bonds is 7. The zero-order chi connectivity index (χ0) is 18.2. The standard InChI is InChI=1S/C17H16N2O6/c1-2-12-4-3-5-13(10-12)18-15(20)11-24-17(21)9-7-14-6-8-16(25-14)19(22)23/h3-10H,2,11H2,1H3,(H,18,20)/b9-7+. The predicted octanol–water partition coefficient (Wildman–Crippen LogP) is 2.95. The van der Waals surface area contributed by atoms with Crippen molar-refractivity contribution in [3.63, 3.8) is 0 Å². The molecule has 0 saturated heterocycles. The predicted molar refractivity (Wildman–Crippen MR) is 89.8 cm³/mol. The van der Waals surface area contributed by atoms with Gasteiger partial charge in [-0.1, -0.05) is 19.1 Å². The van der Waals surface area contributed by atoms with Gasteiger partial charge in [-0.2, -0.15) is 0 Å². The Balaban J connectivity index is 1.81. The zero-order valence-electron chi connectivity index (χ0n) is 13.4. The number of carbonyl (C=O) groups is 2. The van der Waals surface area contributed by atoms with Crippen molar-refractivity contribution in [3.05, 3.63) is 63.9 Å². The number of hydrogen-bond donors (Lipinski definition) is 1. The highest BCUT2D eigenvalue weighted by Crippen LogP contribution is 2.16. The van der Waals surface area contributed by atoms with Gasteiger partial charge >= 0.3 is 11.9 Å². The highest BCUT2D eigenvalue weighted by molar-refractivity contribution is 5.94. The van der Waals surface area contributed by atoms with Gasteiger partial charge in [-0.25, -0.2) is 4.79 Å². The van der Waals surface area contributed by atoms with Crippen LogP contribution in [0.1, 0.15) is 18.2 Å². The van der Waals surface area contributed by atoms with Crippen LogP contribution in [0.4, 0.5) is 11.6 Å². The minimum atomic E-state index is -0.767. The van der Waals surface area contributed by atoms with E-state index in [9.17, 15) is 19.7 Å². The molecule has 0 aliphatic rings. The summed E-state index contributed by atoms with van der Waals surface area (Å²) in [7, 11) is 0. The van der Waals surface area contributed by atoms with Crippen LogP contribution in [0.3, 0.4) is 0 Å². The van der Waals surface area contributed by atoms with Crippen LogP contribution in [0.15, 0.2) is 46.9 Å². The summed E-state index contributed by atoms with van der Waals surface area (Å²) in [6, 6.07) is 9.86. The quantitative estimate of drug-likeness (QED) is 0.358. The topological polar surface area (TPSA) is 112 Å². The number of furan rings is 1. The molecule has 1 heterocycles. The third-order valence-corrected chi connectivity index (χ3v) is 3.14. The van der Waals surface area contributed by atoms with Gasteiger partial charge in [0.1, 0.15) is 10.7 Å². The Labute approximate surface area is 143 Å². The van der Waals surface area contributed by atoms with E-state index in [1.165, 1.54) is 18.2 Å². The fraction of sp³-hybridized carbons (Fsp3) is 0.176. The molecule has 0 atom stereocenters. The van der Waals surface area contributed by atoms with E-state index < -0.39 is 29.3 Å². The van der Waals surface area contributed by atoms with Crippen molar-refractivity contribution in [1.29, 1.82) is 0 Å². The molecule has 0 bridgehead atoms. The van der Waals surface area contributed by atoms with Gasteiger partial charge in [0, 0.05) is 11.8 Å². The summed E-state index contributed by atoms with van der Waals surface area (Å²) < 4.78 is 9.64. The summed E-state index contributed by atoms with van der Waals surface area (Å²) >= 11 is 0. The Morgan fingerprint density at radius 3 is 2.80 bits per heavy atom. The number of anilines is 1. The van der Waals surface area contributed by atoms with Crippen LogP contribution >= 0.6 is 0 Å². The van der Waals surface area contributed by atoms with Crippen LogP contribution in [0.2, 0.25) is 0 Å². The number of benzene rings is 1. The first-order valence-electron chi connectivity index (χ1n) is 7.45. The molecular formula is C17H16N2O6. The lowest BCUT2D eigenvalue weighted by Gasteiger charge is -2.06. The first-order valence-corrected chi connectivity index (χ1v) is 7.45. The van der Waals surface area contributed by atoms with Gasteiger partial charge in [0.05, 0.1) is 6.07 Å². The molecule has 1 amide bonds. The van der Waals surface area contributed by atoms with Crippen molar-refractivity contribution in [2.75, 3.05) is 11.9 Å². The Bertz CT molecular complexity index is 809. The Kier molecular flexibility index (Phi) is 6.05. The molecule has 2 rings (SSSR count). The maximum absolute atomic E-state index is 11.8. The van der Waals surface area contributed by atoms with Gasteiger partial charge in [0.15, 0.2) is 6.61 Å². The lowest BCUT2D eigenvalue weighted by atomic mass is 10.1. The van der Waals surface area contributed by atoms with Crippen molar-refractivity contribution in [3.8, 4) is 0 Å². The van der Waals surface area contributed by atoms with E-state index >= 15 is 0 Å². The van der Waals surface area contributed by atoms with Crippen molar-refractivity contribution >= 4 is 29.5 Å². The molecular weight excluding hydrogens is 328 g/mol. The van der Waals surface area contributed by atoms with E-state index in [-0.39, 0.29) is 5.76 Å². The van der Waals surface area contributed by atoms with Crippen LogP contribution in [-0.2, 0) is 20.7 Å². The second-order valence-electron chi connectivity index (χ2n) is 4.98. The number of nitrogens with one attached hydrogen (secondary N) is 1. The van der Waals surface area contributed by atoms with Crippen LogP contribution in [0, 0.1) is 10.1 Å². The number of carbonyl (C=O) groups excluding carboxylic acids is 2. The molecule has 1 aromatic heterocycles. The SMILES string of the molecule is CCc1cccc(NC(=O)COC(=O)/C=C/c2ccc([N+](=O)[O-])o2)c1. The summed E-state index contributed by atoms with van der Waals surface area (Å²) in [5.41, 5.74) is 1.70. The Hall–Kier alpha value is -3.42. The monoisotopic (exact) mass is 344 g/mol. The summed E-state index contributed by atoms with van der Waals surface area (Å²) in [5.74, 6) is -1.54. The summed E-state index contributed by atoms with van der Waals surface area (Å²) in [4.78, 5) is 33.1. The van der Waals surface area contributed by atoms with E-state index in [0.29, 0.717) is 5.69 Å². The van der Waals surface area contributed by atoms with Gasteiger partial charge in [-0.15, -0.1) is 0 Å². The molecule has 8 heteroatoms. The summed E-state index contributed by atoms with van der Waals surface area (Å²) in [5, 5.41) is 13.1. The van der Waals surface area contributed by atoms with Crippen LogP contribution in [0.5, 0.6) is 0 Å². The number of amides is 1. The van der Waals surface area contributed by atoms with Crippen molar-refractivity contribution in [2.24, 2.45) is 0 Å². The minimum Gasteiger partial charge on any atom is -0.452 e. The first-order chi connectivity index (χ1) is 12.0. The smallest absolute Gasteiger partial charge is 0.433 e. The number of esters is 1. The largest absolute Gasteiger partial charge is 0.452 e. The van der Waals surface area contributed by atoms with E-state index in [2.05, 4.69) is 5.32 Å². The summed E-state index contributed by atoms with van der Waals surface area (Å²) in [6.07, 6.45) is 3.08. The molecule has 0 saturated carbocycles. The highest BCUT2D eigenvalue weighted by Gasteiger charge is 2.10. The normalized spacial score (nSPS) is 10.6. The molecule has 0 aliphatic carbocycles. The Morgan fingerprint density at radius 2 is 2.12 bits per heavy atom. The van der Waals surface area contributed by atoms with Gasteiger partial charge in [0.25, 0.3) is 5.91 Å². The van der Waals surface area contributed by atoms with Gasteiger partial charge < -0.3 is 14.5 Å². The first kappa shape index (κ1) is 17.9. The van der Waals surface area contributed by atoms with E-state index in [4.69, 9.17) is 9.15 Å². The number of nitrogens with zero attached hydrogens (tertiary/aromatic N) is 1. The maximum Gasteiger partial charge on any atom is 0.433 e. The van der Waals surface area contributed by atoms with E-state index in [1.807, 2.05) is 25.1 Å². The average molecular weight is 344 g/mol. The molecule has 0 aliphatic heterocycles. The van der Waals surface area contributed by atoms with Crippen molar-refractivity contribution in [2.45, 2.75) is 13.3 Å². The number of hydrogen-bond acceptors (Lipinski definition) is 6. The molecule has 8 nitrogen and oxygen atoms in total. The second-order valence-corrected chi connectivity index (χ2v) is 4.98. The minimum absolute atomic E-state index is 0.129. The summed E-state index contributed by atoms with van der Waals surface area (Å²) in [6.45, 7) is 1.56. The molecule has 25 heavy (non-hydrogen) atoms. The third kappa shape index (κ3) is 5.61.